The molecule has 0 saturated carbocycles. The molecule has 4 heteroatoms. The van der Waals surface area contributed by atoms with Gasteiger partial charge in [-0.2, -0.15) is 0 Å². The lowest BCUT2D eigenvalue weighted by Crippen LogP contribution is -2.13. The second kappa shape index (κ2) is 13.4. The minimum atomic E-state index is -0.292. The number of benzene rings is 1. The summed E-state index contributed by atoms with van der Waals surface area (Å²) >= 11 is 0. The van der Waals surface area contributed by atoms with Gasteiger partial charge in [-0.05, 0) is 36.8 Å². The lowest BCUT2D eigenvalue weighted by atomic mass is 9.90. The van der Waals surface area contributed by atoms with Gasteiger partial charge in [0.2, 0.25) is 0 Å². The van der Waals surface area contributed by atoms with Crippen molar-refractivity contribution < 1.29 is 19.1 Å². The maximum atomic E-state index is 12.1. The summed E-state index contributed by atoms with van der Waals surface area (Å²) in [5.74, 6) is 0.0698. The van der Waals surface area contributed by atoms with Gasteiger partial charge in [0.25, 0.3) is 0 Å². The van der Waals surface area contributed by atoms with E-state index in [4.69, 9.17) is 9.47 Å². The number of ether oxygens (including phenoxy) is 2. The van der Waals surface area contributed by atoms with Crippen LogP contribution in [0.3, 0.4) is 0 Å². The Balaban J connectivity index is 2.37. The molecule has 0 heterocycles. The highest BCUT2D eigenvalue weighted by Gasteiger charge is 2.15. The first-order valence-electron chi connectivity index (χ1n) is 10.8. The summed E-state index contributed by atoms with van der Waals surface area (Å²) in [4.78, 5) is 24.2. The van der Waals surface area contributed by atoms with E-state index in [0.717, 1.165) is 32.1 Å². The molecule has 0 radical (unpaired) electrons. The molecule has 158 valence electrons. The first-order valence-corrected chi connectivity index (χ1v) is 10.8. The summed E-state index contributed by atoms with van der Waals surface area (Å²) < 4.78 is 10.9. The lowest BCUT2D eigenvalue weighted by Gasteiger charge is -2.17. The van der Waals surface area contributed by atoms with Gasteiger partial charge in [-0.1, -0.05) is 78.4 Å². The predicted octanol–water partition coefficient (Wildman–Crippen LogP) is 6.85. The highest BCUT2D eigenvalue weighted by atomic mass is 16.6. The highest BCUT2D eigenvalue weighted by Crippen LogP contribution is 2.28. The molecule has 0 aliphatic rings. The number of carbonyl (C=O) groups excluding carboxylic acids is 2. The Labute approximate surface area is 171 Å². The van der Waals surface area contributed by atoms with Crippen LogP contribution in [0.2, 0.25) is 0 Å². The summed E-state index contributed by atoms with van der Waals surface area (Å²) in [6.45, 7) is 8.66. The van der Waals surface area contributed by atoms with Crippen molar-refractivity contribution in [3.63, 3.8) is 0 Å². The second-order valence-corrected chi connectivity index (χ2v) is 8.68. The Kier molecular flexibility index (Phi) is 11.5. The van der Waals surface area contributed by atoms with E-state index in [9.17, 15) is 9.59 Å². The largest absolute Gasteiger partial charge is 0.423 e. The molecular formula is C24H38O4. The highest BCUT2D eigenvalue weighted by molar-refractivity contribution is 5.76. The number of hydrogen-bond acceptors (Lipinski definition) is 4. The maximum Gasteiger partial charge on any atom is 0.311 e. The molecule has 0 bridgehead atoms. The van der Waals surface area contributed by atoms with Gasteiger partial charge < -0.3 is 9.47 Å². The van der Waals surface area contributed by atoms with Crippen LogP contribution in [0.1, 0.15) is 98.3 Å². The third-order valence-electron chi connectivity index (χ3n) is 4.59. The van der Waals surface area contributed by atoms with Gasteiger partial charge in [0.1, 0.15) is 0 Å². The van der Waals surface area contributed by atoms with Gasteiger partial charge >= 0.3 is 11.9 Å². The van der Waals surface area contributed by atoms with Crippen molar-refractivity contribution >= 4 is 11.9 Å². The van der Waals surface area contributed by atoms with Crippen molar-refractivity contribution in [2.24, 2.45) is 5.41 Å². The molecule has 1 aromatic rings. The number of rotatable bonds is 13. The minimum Gasteiger partial charge on any atom is -0.423 e. The van der Waals surface area contributed by atoms with Gasteiger partial charge in [-0.15, -0.1) is 0 Å². The van der Waals surface area contributed by atoms with Crippen molar-refractivity contribution in [1.29, 1.82) is 0 Å². The van der Waals surface area contributed by atoms with Crippen molar-refractivity contribution in [3.05, 3.63) is 24.3 Å². The molecule has 0 aliphatic carbocycles. The fraction of sp³-hybridized carbons (Fsp3) is 0.667. The van der Waals surface area contributed by atoms with Crippen LogP contribution in [0.15, 0.2) is 24.3 Å². The molecule has 0 unspecified atom stereocenters. The molecule has 1 rings (SSSR count). The summed E-state index contributed by atoms with van der Waals surface area (Å²) in [5, 5.41) is 0. The number of carbonyl (C=O) groups is 2. The molecule has 0 amide bonds. The second-order valence-electron chi connectivity index (χ2n) is 8.68. The molecule has 0 spiro atoms. The average Bonchev–Trinajstić information content (AvgIpc) is 2.61. The lowest BCUT2D eigenvalue weighted by molar-refractivity contribution is -0.137. The van der Waals surface area contributed by atoms with Gasteiger partial charge in [0, 0.05) is 12.8 Å². The standard InChI is InChI=1S/C24H38O4/c1-5-6-7-8-9-10-11-17-22(25)27-20-15-12-13-16-21(20)28-23(26)18-14-19-24(2,3)4/h12-13,15-16H,5-11,14,17-19H2,1-4H3. The van der Waals surface area contributed by atoms with Crippen LogP contribution in [0, 0.1) is 5.41 Å². The van der Waals surface area contributed by atoms with E-state index in [-0.39, 0.29) is 17.4 Å². The molecule has 28 heavy (non-hydrogen) atoms. The zero-order valence-corrected chi connectivity index (χ0v) is 18.2. The Morgan fingerprint density at radius 2 is 1.21 bits per heavy atom. The molecule has 0 aromatic heterocycles. The van der Waals surface area contributed by atoms with Crippen molar-refractivity contribution in [1.82, 2.24) is 0 Å². The van der Waals surface area contributed by atoms with E-state index in [1.807, 2.05) is 0 Å². The Bertz CT molecular complexity index is 587. The Morgan fingerprint density at radius 3 is 1.71 bits per heavy atom. The van der Waals surface area contributed by atoms with Crippen LogP contribution in [0.4, 0.5) is 0 Å². The molecule has 0 aliphatic heterocycles. The fourth-order valence-electron chi connectivity index (χ4n) is 2.96. The minimum absolute atomic E-state index is 0.198. The van der Waals surface area contributed by atoms with Crippen LogP contribution in [0.25, 0.3) is 0 Å². The van der Waals surface area contributed by atoms with Crippen LogP contribution in [-0.4, -0.2) is 11.9 Å². The Morgan fingerprint density at radius 1 is 0.750 bits per heavy atom. The summed E-state index contributed by atoms with van der Waals surface area (Å²) in [5.41, 5.74) is 0.198. The van der Waals surface area contributed by atoms with Gasteiger partial charge in [0.15, 0.2) is 11.5 Å². The molecule has 0 fully saturated rings. The topological polar surface area (TPSA) is 52.6 Å². The first kappa shape index (κ1) is 24.2. The van der Waals surface area contributed by atoms with E-state index < -0.39 is 0 Å². The normalized spacial score (nSPS) is 11.3. The third-order valence-corrected chi connectivity index (χ3v) is 4.59. The van der Waals surface area contributed by atoms with Gasteiger partial charge in [0.05, 0.1) is 0 Å². The van der Waals surface area contributed by atoms with E-state index >= 15 is 0 Å². The van der Waals surface area contributed by atoms with Crippen LogP contribution >= 0.6 is 0 Å². The summed E-state index contributed by atoms with van der Waals surface area (Å²) in [6, 6.07) is 6.87. The van der Waals surface area contributed by atoms with E-state index in [1.165, 1.54) is 25.7 Å². The molecule has 1 aromatic carbocycles. The number of hydrogen-bond donors (Lipinski definition) is 0. The molecule has 0 N–H and O–H groups in total. The molecule has 0 saturated heterocycles. The van der Waals surface area contributed by atoms with Crippen LogP contribution in [0.5, 0.6) is 11.5 Å². The summed E-state index contributed by atoms with van der Waals surface area (Å²) in [7, 11) is 0. The zero-order valence-electron chi connectivity index (χ0n) is 18.2. The molecule has 4 nitrogen and oxygen atoms in total. The molecule has 0 atom stereocenters. The fourth-order valence-corrected chi connectivity index (χ4v) is 2.96. The van der Waals surface area contributed by atoms with Crippen LogP contribution in [-0.2, 0) is 9.59 Å². The number of unbranched alkanes of at least 4 members (excludes halogenated alkanes) is 6. The van der Waals surface area contributed by atoms with E-state index in [0.29, 0.717) is 24.3 Å². The molecular weight excluding hydrogens is 352 g/mol. The van der Waals surface area contributed by atoms with Gasteiger partial charge in [-0.25, -0.2) is 0 Å². The maximum absolute atomic E-state index is 12.1. The van der Waals surface area contributed by atoms with E-state index in [2.05, 4.69) is 27.7 Å². The quantitative estimate of drug-likeness (QED) is 0.210. The Hall–Kier alpha value is -1.84. The van der Waals surface area contributed by atoms with E-state index in [1.54, 1.807) is 24.3 Å². The van der Waals surface area contributed by atoms with Crippen molar-refractivity contribution in [2.45, 2.75) is 98.3 Å². The van der Waals surface area contributed by atoms with Crippen molar-refractivity contribution in [3.8, 4) is 11.5 Å². The van der Waals surface area contributed by atoms with Gasteiger partial charge in [-0.3, -0.25) is 9.59 Å². The van der Waals surface area contributed by atoms with Crippen molar-refractivity contribution in [2.75, 3.05) is 0 Å². The SMILES string of the molecule is CCCCCCCCCC(=O)Oc1ccccc1OC(=O)CCCC(C)(C)C. The third kappa shape index (κ3) is 11.8. The monoisotopic (exact) mass is 390 g/mol. The smallest absolute Gasteiger partial charge is 0.311 e. The predicted molar refractivity (Wildman–Crippen MR) is 114 cm³/mol. The first-order chi connectivity index (χ1) is 13.3. The average molecular weight is 391 g/mol. The number of esters is 2. The number of para-hydroxylation sites is 2. The summed E-state index contributed by atoms with van der Waals surface area (Å²) in [6.07, 6.45) is 10.6. The van der Waals surface area contributed by atoms with Crippen LogP contribution < -0.4 is 9.47 Å². The zero-order chi connectivity index (χ0) is 20.8.